The average Bonchev–Trinajstić information content (AvgIpc) is 2.83. The summed E-state index contributed by atoms with van der Waals surface area (Å²) in [5.74, 6) is -0.549. The Morgan fingerprint density at radius 1 is 0.973 bits per heavy atom. The van der Waals surface area contributed by atoms with E-state index in [2.05, 4.69) is 4.98 Å². The van der Waals surface area contributed by atoms with Crippen molar-refractivity contribution in [2.45, 2.75) is 57.5 Å². The van der Waals surface area contributed by atoms with Crippen molar-refractivity contribution in [3.05, 3.63) is 88.7 Å². The molecule has 0 saturated carbocycles. The van der Waals surface area contributed by atoms with E-state index < -0.39 is 29.4 Å². The third-order valence-corrected chi connectivity index (χ3v) is 6.01. The molecule has 0 fully saturated rings. The van der Waals surface area contributed by atoms with Crippen LogP contribution in [0.2, 0.25) is 0 Å². The zero-order valence-electron chi connectivity index (χ0n) is 20.2. The zero-order chi connectivity index (χ0) is 27.6. The largest absolute Gasteiger partial charge is 0.455 e. The summed E-state index contributed by atoms with van der Waals surface area (Å²) >= 11 is 0. The summed E-state index contributed by atoms with van der Waals surface area (Å²) in [5, 5.41) is 9.72. The van der Waals surface area contributed by atoms with E-state index >= 15 is 0 Å². The van der Waals surface area contributed by atoms with Gasteiger partial charge in [-0.2, -0.15) is 26.3 Å². The molecular weight excluding hydrogens is 500 g/mol. The number of aliphatic hydroxyl groups is 1. The molecule has 1 aromatic heterocycles. The van der Waals surface area contributed by atoms with E-state index in [1.165, 1.54) is 18.3 Å². The highest BCUT2D eigenvalue weighted by molar-refractivity contribution is 5.99. The van der Waals surface area contributed by atoms with Crippen LogP contribution in [0.1, 0.15) is 58.9 Å². The Balaban J connectivity index is 1.87. The number of rotatable bonds is 8. The molecule has 0 aliphatic rings. The number of halogens is 6. The Bertz CT molecular complexity index is 1220. The van der Waals surface area contributed by atoms with Gasteiger partial charge in [-0.3, -0.25) is 4.79 Å². The second kappa shape index (κ2) is 10.5. The molecule has 2 aromatic carbocycles. The van der Waals surface area contributed by atoms with Gasteiger partial charge in [-0.1, -0.05) is 56.2 Å². The Morgan fingerprint density at radius 2 is 1.59 bits per heavy atom. The minimum Gasteiger partial charge on any atom is -0.455 e. The summed E-state index contributed by atoms with van der Waals surface area (Å²) in [7, 11) is 0. The fraction of sp³-hybridized carbons (Fsp3) is 0.333. The zero-order valence-corrected chi connectivity index (χ0v) is 20.2. The Morgan fingerprint density at radius 3 is 2.11 bits per heavy atom. The van der Waals surface area contributed by atoms with Crippen LogP contribution in [0.3, 0.4) is 0 Å². The van der Waals surface area contributed by atoms with Gasteiger partial charge in [0.2, 0.25) is 0 Å². The van der Waals surface area contributed by atoms with E-state index in [0.29, 0.717) is 18.6 Å². The lowest BCUT2D eigenvalue weighted by Gasteiger charge is -2.33. The first-order valence-corrected chi connectivity index (χ1v) is 11.4. The number of carbonyl (C=O) groups is 1. The van der Waals surface area contributed by atoms with Crippen LogP contribution in [0.4, 0.5) is 26.3 Å². The molecule has 1 heterocycles. The highest BCUT2D eigenvalue weighted by Gasteiger charge is 2.71. The smallest absolute Gasteiger partial charge is 0.430 e. The molecule has 1 N–H and O–H groups in total. The maximum atomic E-state index is 13.3. The molecule has 37 heavy (non-hydrogen) atoms. The molecular formula is C27H25F6NO3. The maximum Gasteiger partial charge on any atom is 0.430 e. The van der Waals surface area contributed by atoms with Crippen LogP contribution in [0.25, 0.3) is 0 Å². The number of carbonyl (C=O) groups excluding carboxylic acids is 1. The Labute approximate surface area is 209 Å². The van der Waals surface area contributed by atoms with Gasteiger partial charge in [0, 0.05) is 11.5 Å². The topological polar surface area (TPSA) is 59.4 Å². The fourth-order valence-electron chi connectivity index (χ4n) is 3.80. The molecule has 0 saturated heterocycles. The van der Waals surface area contributed by atoms with Gasteiger partial charge in [-0.15, -0.1) is 0 Å². The molecule has 0 radical (unpaired) electrons. The van der Waals surface area contributed by atoms with Crippen molar-refractivity contribution >= 4 is 5.78 Å². The molecule has 0 aliphatic heterocycles. The number of aryl methyl sites for hydroxylation is 2. The summed E-state index contributed by atoms with van der Waals surface area (Å²) < 4.78 is 85.5. The molecule has 0 amide bonds. The van der Waals surface area contributed by atoms with E-state index in [1.807, 2.05) is 31.2 Å². The molecule has 10 heteroatoms. The average molecular weight is 525 g/mol. The lowest BCUT2D eigenvalue weighted by Crippen LogP contribution is -2.53. The lowest BCUT2D eigenvalue weighted by atomic mass is 9.90. The number of benzene rings is 2. The van der Waals surface area contributed by atoms with Crippen molar-refractivity contribution in [3.8, 4) is 11.5 Å². The van der Waals surface area contributed by atoms with Crippen LogP contribution in [-0.4, -0.2) is 28.2 Å². The number of ether oxygens (including phenoxy) is 1. The van der Waals surface area contributed by atoms with Crippen LogP contribution in [0.15, 0.2) is 60.8 Å². The van der Waals surface area contributed by atoms with Gasteiger partial charge in [0.05, 0.1) is 6.20 Å². The molecule has 198 valence electrons. The summed E-state index contributed by atoms with van der Waals surface area (Å²) in [5.41, 5.74) is -4.30. The number of hydrogen-bond acceptors (Lipinski definition) is 4. The third-order valence-electron chi connectivity index (χ3n) is 6.01. The van der Waals surface area contributed by atoms with Gasteiger partial charge in [0.25, 0.3) is 5.60 Å². The van der Waals surface area contributed by atoms with Gasteiger partial charge >= 0.3 is 12.4 Å². The third kappa shape index (κ3) is 5.79. The molecule has 0 bridgehead atoms. The second-order valence-electron chi connectivity index (χ2n) is 8.76. The minimum absolute atomic E-state index is 0.00574. The number of alkyl halides is 6. The van der Waals surface area contributed by atoms with Crippen molar-refractivity contribution in [1.29, 1.82) is 0 Å². The van der Waals surface area contributed by atoms with E-state index in [4.69, 9.17) is 4.74 Å². The normalized spacial score (nSPS) is 13.4. The number of aromatic nitrogens is 1. The molecule has 3 aromatic rings. The molecule has 1 unspecified atom stereocenters. The van der Waals surface area contributed by atoms with Gasteiger partial charge in [0.1, 0.15) is 17.2 Å². The lowest BCUT2D eigenvalue weighted by molar-refractivity contribution is -0.376. The highest BCUT2D eigenvalue weighted by Crippen LogP contribution is 2.50. The van der Waals surface area contributed by atoms with Crippen LogP contribution < -0.4 is 4.74 Å². The van der Waals surface area contributed by atoms with Crippen LogP contribution in [0.5, 0.6) is 11.5 Å². The van der Waals surface area contributed by atoms with Crippen molar-refractivity contribution in [1.82, 2.24) is 4.98 Å². The summed E-state index contributed by atoms with van der Waals surface area (Å²) in [6, 6.07) is 12.5. The summed E-state index contributed by atoms with van der Waals surface area (Å²) in [4.78, 5) is 16.9. The van der Waals surface area contributed by atoms with E-state index in [-0.39, 0.29) is 35.0 Å². The maximum absolute atomic E-state index is 13.3. The minimum atomic E-state index is -5.99. The number of Topliss-reactive ketones (excluding diaryl/α,β-unsaturated/α-hetero) is 1. The van der Waals surface area contributed by atoms with Gasteiger partial charge in [0.15, 0.2) is 5.78 Å². The van der Waals surface area contributed by atoms with Gasteiger partial charge in [-0.05, 0) is 48.7 Å². The first-order chi connectivity index (χ1) is 17.2. The Kier molecular flexibility index (Phi) is 8.02. The Hall–Kier alpha value is -3.40. The summed E-state index contributed by atoms with van der Waals surface area (Å²) in [6.45, 7) is 5.37. The number of hydrogen-bond donors (Lipinski definition) is 1. The SMILES string of the molecule is CCCc1cc(C(O)(C(F)(F)F)C(F)(F)F)ccc1Oc1ccc(C(=O)C(C)c2ccc(C)cc2)nc1. The molecule has 0 spiro atoms. The van der Waals surface area contributed by atoms with E-state index in [0.717, 1.165) is 17.2 Å². The van der Waals surface area contributed by atoms with Crippen LogP contribution in [-0.2, 0) is 12.0 Å². The van der Waals surface area contributed by atoms with Gasteiger partial charge < -0.3 is 9.84 Å². The van der Waals surface area contributed by atoms with Crippen molar-refractivity contribution in [2.24, 2.45) is 0 Å². The van der Waals surface area contributed by atoms with Crippen molar-refractivity contribution in [3.63, 3.8) is 0 Å². The standard InChI is InChI=1S/C27H25F6NO3/c1-4-5-19-14-20(25(36,26(28,29)30)27(31,32)33)10-13-23(19)37-21-11-12-22(34-15-21)24(35)17(3)18-8-6-16(2)7-9-18/h6-15,17,36H,4-5H2,1-3H3. The molecule has 0 aliphatic carbocycles. The second-order valence-corrected chi connectivity index (χ2v) is 8.76. The predicted molar refractivity (Wildman–Crippen MR) is 125 cm³/mol. The number of ketones is 1. The molecule has 4 nitrogen and oxygen atoms in total. The van der Waals surface area contributed by atoms with Crippen molar-refractivity contribution in [2.75, 3.05) is 0 Å². The van der Waals surface area contributed by atoms with E-state index in [1.54, 1.807) is 13.8 Å². The highest BCUT2D eigenvalue weighted by atomic mass is 19.4. The van der Waals surface area contributed by atoms with E-state index in [9.17, 15) is 36.2 Å². The monoisotopic (exact) mass is 525 g/mol. The quantitative estimate of drug-likeness (QED) is 0.245. The van der Waals surface area contributed by atoms with Gasteiger partial charge in [-0.25, -0.2) is 4.98 Å². The first kappa shape index (κ1) is 28.2. The summed E-state index contributed by atoms with van der Waals surface area (Å²) in [6.07, 6.45) is -10.2. The number of pyridine rings is 1. The van der Waals surface area contributed by atoms with Crippen LogP contribution >= 0.6 is 0 Å². The number of nitrogens with zero attached hydrogens (tertiary/aromatic N) is 1. The van der Waals surface area contributed by atoms with Crippen LogP contribution in [0, 0.1) is 6.92 Å². The fourth-order valence-corrected chi connectivity index (χ4v) is 3.80. The molecule has 3 rings (SSSR count). The molecule has 1 atom stereocenters. The van der Waals surface area contributed by atoms with Crippen molar-refractivity contribution < 1.29 is 41.0 Å². The predicted octanol–water partition coefficient (Wildman–Crippen LogP) is 7.43. The first-order valence-electron chi connectivity index (χ1n) is 11.4.